The molecule has 0 saturated heterocycles. The Morgan fingerprint density at radius 1 is 1.67 bits per heavy atom. The van der Waals surface area contributed by atoms with E-state index in [4.69, 9.17) is 0 Å². The van der Waals surface area contributed by atoms with Crippen LogP contribution in [0.5, 0.6) is 0 Å². The molecule has 0 aliphatic carbocycles. The number of hydrogen-bond donors (Lipinski definition) is 1. The minimum Gasteiger partial charge on any atom is -0.340 e. The molecule has 0 atom stereocenters. The third-order valence-corrected chi connectivity index (χ3v) is 1.74. The maximum Gasteiger partial charge on any atom is 0.165 e. The highest BCUT2D eigenvalue weighted by Gasteiger charge is 1.97. The molecule has 0 radical (unpaired) electrons. The van der Waals surface area contributed by atoms with Gasteiger partial charge in [0.2, 0.25) is 0 Å². The molecular weight excluding hydrogens is 132 g/mol. The number of nitrogens with one attached hydrogen (secondary N) is 1. The Labute approximate surface area is 59.1 Å². The molecule has 0 aliphatic heterocycles. The topological polar surface area (TPSA) is 28.7 Å². The first-order chi connectivity index (χ1) is 4.29. The van der Waals surface area contributed by atoms with E-state index < -0.39 is 0 Å². The minimum absolute atomic E-state index is 0.608. The normalized spacial score (nSPS) is 10.6. The predicted octanol–water partition coefficient (Wildman–Crippen LogP) is 1.91. The van der Waals surface area contributed by atoms with Crippen molar-refractivity contribution < 1.29 is 0 Å². The molecule has 3 heteroatoms. The second kappa shape index (κ2) is 2.92. The van der Waals surface area contributed by atoms with Crippen LogP contribution in [0, 0.1) is 0 Å². The van der Waals surface area contributed by atoms with Gasteiger partial charge in [0.05, 0.1) is 0 Å². The van der Waals surface area contributed by atoms with E-state index in [0.29, 0.717) is 5.25 Å². The third kappa shape index (κ3) is 2.10. The van der Waals surface area contributed by atoms with Gasteiger partial charge in [-0.05, 0) is 0 Å². The average molecular weight is 142 g/mol. The van der Waals surface area contributed by atoms with Gasteiger partial charge in [-0.2, -0.15) is 0 Å². The smallest absolute Gasteiger partial charge is 0.165 e. The maximum atomic E-state index is 4.06. The standard InChI is InChI=1S/C6H10N2S/c1-5(2)9-6-7-3-4-8-6/h3-5H,1-2H3,(H,7,8). The van der Waals surface area contributed by atoms with Crippen LogP contribution in [0.4, 0.5) is 0 Å². The van der Waals surface area contributed by atoms with Crippen LogP contribution in [0.3, 0.4) is 0 Å². The maximum absolute atomic E-state index is 4.06. The van der Waals surface area contributed by atoms with Crippen molar-refractivity contribution in [3.05, 3.63) is 12.4 Å². The van der Waals surface area contributed by atoms with E-state index in [1.165, 1.54) is 0 Å². The molecule has 1 rings (SSSR count). The molecular formula is C6H10N2S. The molecule has 0 aliphatic rings. The monoisotopic (exact) mass is 142 g/mol. The van der Waals surface area contributed by atoms with Crippen molar-refractivity contribution in [1.29, 1.82) is 0 Å². The van der Waals surface area contributed by atoms with E-state index in [-0.39, 0.29) is 0 Å². The molecule has 0 bridgehead atoms. The zero-order valence-corrected chi connectivity index (χ0v) is 6.40. The quantitative estimate of drug-likeness (QED) is 0.639. The van der Waals surface area contributed by atoms with Crippen LogP contribution in [0.2, 0.25) is 0 Å². The fourth-order valence-corrected chi connectivity index (χ4v) is 1.24. The van der Waals surface area contributed by atoms with E-state index in [9.17, 15) is 0 Å². The molecule has 1 aromatic heterocycles. The molecule has 0 unspecified atom stereocenters. The molecule has 1 heterocycles. The lowest BCUT2D eigenvalue weighted by Gasteiger charge is -1.97. The Balaban J connectivity index is 2.48. The summed E-state index contributed by atoms with van der Waals surface area (Å²) in [6, 6.07) is 0. The van der Waals surface area contributed by atoms with Crippen LogP contribution < -0.4 is 0 Å². The molecule has 0 saturated carbocycles. The van der Waals surface area contributed by atoms with Crippen LogP contribution in [0.25, 0.3) is 0 Å². The van der Waals surface area contributed by atoms with E-state index in [0.717, 1.165) is 5.16 Å². The Morgan fingerprint density at radius 3 is 2.89 bits per heavy atom. The zero-order valence-electron chi connectivity index (χ0n) is 5.59. The highest BCUT2D eigenvalue weighted by Crippen LogP contribution is 2.16. The molecule has 0 fully saturated rings. The van der Waals surface area contributed by atoms with Gasteiger partial charge in [0.25, 0.3) is 0 Å². The first-order valence-electron chi connectivity index (χ1n) is 2.95. The average Bonchev–Trinajstić information content (AvgIpc) is 2.15. The summed E-state index contributed by atoms with van der Waals surface area (Å²) in [6.07, 6.45) is 3.61. The Bertz CT molecular complexity index is 158. The number of nitrogens with zero attached hydrogens (tertiary/aromatic N) is 1. The van der Waals surface area contributed by atoms with Crippen LogP contribution >= 0.6 is 11.8 Å². The number of hydrogen-bond acceptors (Lipinski definition) is 2. The summed E-state index contributed by atoms with van der Waals surface area (Å²) in [5.74, 6) is 0. The molecule has 0 spiro atoms. The summed E-state index contributed by atoms with van der Waals surface area (Å²) in [6.45, 7) is 4.29. The highest BCUT2D eigenvalue weighted by molar-refractivity contribution is 7.99. The Morgan fingerprint density at radius 2 is 2.44 bits per heavy atom. The van der Waals surface area contributed by atoms with Crippen molar-refractivity contribution in [2.75, 3.05) is 0 Å². The van der Waals surface area contributed by atoms with Crippen molar-refractivity contribution >= 4 is 11.8 Å². The van der Waals surface area contributed by atoms with Gasteiger partial charge in [-0.1, -0.05) is 25.6 Å². The SMILES string of the molecule is CC(C)Sc1ncc[nH]1. The number of rotatable bonds is 2. The van der Waals surface area contributed by atoms with Gasteiger partial charge in [0, 0.05) is 17.6 Å². The lowest BCUT2D eigenvalue weighted by atomic mass is 10.6. The number of H-pyrrole nitrogens is 1. The minimum atomic E-state index is 0.608. The summed E-state index contributed by atoms with van der Waals surface area (Å²) in [7, 11) is 0. The number of thioether (sulfide) groups is 1. The first kappa shape index (κ1) is 6.68. The molecule has 2 nitrogen and oxygen atoms in total. The largest absolute Gasteiger partial charge is 0.340 e. The number of aromatic nitrogens is 2. The van der Waals surface area contributed by atoms with E-state index in [1.54, 1.807) is 18.0 Å². The van der Waals surface area contributed by atoms with Gasteiger partial charge in [0.15, 0.2) is 5.16 Å². The lowest BCUT2D eigenvalue weighted by molar-refractivity contribution is 1.03. The third-order valence-electron chi connectivity index (χ3n) is 0.820. The summed E-state index contributed by atoms with van der Waals surface area (Å²) >= 11 is 1.74. The number of imidazole rings is 1. The van der Waals surface area contributed by atoms with Gasteiger partial charge in [-0.15, -0.1) is 0 Å². The molecule has 50 valence electrons. The molecule has 1 aromatic rings. The summed E-state index contributed by atoms with van der Waals surface area (Å²) < 4.78 is 0. The fourth-order valence-electron chi connectivity index (χ4n) is 0.538. The molecule has 1 N–H and O–H groups in total. The Kier molecular flexibility index (Phi) is 2.16. The van der Waals surface area contributed by atoms with Crippen LogP contribution in [0.1, 0.15) is 13.8 Å². The zero-order chi connectivity index (χ0) is 6.69. The lowest BCUT2D eigenvalue weighted by Crippen LogP contribution is -1.86. The Hall–Kier alpha value is -0.440. The van der Waals surface area contributed by atoms with Gasteiger partial charge in [-0.3, -0.25) is 0 Å². The van der Waals surface area contributed by atoms with Gasteiger partial charge in [-0.25, -0.2) is 4.98 Å². The molecule has 0 aromatic carbocycles. The highest BCUT2D eigenvalue weighted by atomic mass is 32.2. The van der Waals surface area contributed by atoms with Gasteiger partial charge < -0.3 is 4.98 Å². The van der Waals surface area contributed by atoms with Crippen LogP contribution in [0.15, 0.2) is 17.6 Å². The number of aromatic amines is 1. The van der Waals surface area contributed by atoms with Crippen molar-refractivity contribution in [3.8, 4) is 0 Å². The molecule has 0 amide bonds. The second-order valence-electron chi connectivity index (χ2n) is 2.06. The summed E-state index contributed by atoms with van der Waals surface area (Å²) in [5.41, 5.74) is 0. The second-order valence-corrected chi connectivity index (χ2v) is 3.63. The van der Waals surface area contributed by atoms with Crippen LogP contribution in [-0.4, -0.2) is 15.2 Å². The van der Waals surface area contributed by atoms with Crippen molar-refractivity contribution in [1.82, 2.24) is 9.97 Å². The fraction of sp³-hybridized carbons (Fsp3) is 0.500. The van der Waals surface area contributed by atoms with Gasteiger partial charge >= 0.3 is 0 Å². The van der Waals surface area contributed by atoms with Crippen molar-refractivity contribution in [2.24, 2.45) is 0 Å². The first-order valence-corrected chi connectivity index (χ1v) is 3.83. The van der Waals surface area contributed by atoms with Gasteiger partial charge in [0.1, 0.15) is 0 Å². The van der Waals surface area contributed by atoms with E-state index in [1.807, 2.05) is 6.20 Å². The molecule has 9 heavy (non-hydrogen) atoms. The van der Waals surface area contributed by atoms with Crippen LogP contribution in [-0.2, 0) is 0 Å². The predicted molar refractivity (Wildman–Crippen MR) is 39.6 cm³/mol. The van der Waals surface area contributed by atoms with E-state index >= 15 is 0 Å². The van der Waals surface area contributed by atoms with Crippen molar-refractivity contribution in [3.63, 3.8) is 0 Å². The van der Waals surface area contributed by atoms with E-state index in [2.05, 4.69) is 23.8 Å². The van der Waals surface area contributed by atoms with Crippen molar-refractivity contribution in [2.45, 2.75) is 24.3 Å². The summed E-state index contributed by atoms with van der Waals surface area (Å²) in [4.78, 5) is 7.08. The summed E-state index contributed by atoms with van der Waals surface area (Å²) in [5, 5.41) is 1.61.